The fraction of sp³-hybridized carbons (Fsp3) is 0.333. The number of hydrogen-bond donors (Lipinski definition) is 3. The topological polar surface area (TPSA) is 82.2 Å². The Balaban J connectivity index is 2.44. The van der Waals surface area contributed by atoms with E-state index in [1.807, 2.05) is 18.2 Å². The van der Waals surface area contributed by atoms with Gasteiger partial charge in [-0.2, -0.15) is 0 Å². The molecule has 2 aromatic rings. The highest BCUT2D eigenvalue weighted by atomic mass is 16.3. The molecule has 1 atom stereocenters. The lowest BCUT2D eigenvalue weighted by Crippen LogP contribution is -2.37. The lowest BCUT2D eigenvalue weighted by atomic mass is 10.0. The number of carbonyl (C=O) groups is 1. The van der Waals surface area contributed by atoms with Gasteiger partial charge in [-0.1, -0.05) is 18.2 Å². The number of aryl methyl sites for hydroxylation is 1. The highest BCUT2D eigenvalue weighted by Gasteiger charge is 2.17. The second-order valence-electron chi connectivity index (χ2n) is 4.89. The summed E-state index contributed by atoms with van der Waals surface area (Å²) in [7, 11) is 0. The van der Waals surface area contributed by atoms with Crippen molar-refractivity contribution in [3.05, 3.63) is 45.7 Å². The number of pyridine rings is 1. The lowest BCUT2D eigenvalue weighted by molar-refractivity contribution is 0.0932. The molecule has 5 nitrogen and oxygen atoms in total. The quantitative estimate of drug-likeness (QED) is 0.786. The van der Waals surface area contributed by atoms with Gasteiger partial charge in [-0.25, -0.2) is 0 Å². The third-order valence-corrected chi connectivity index (χ3v) is 3.35. The maximum Gasteiger partial charge on any atom is 0.261 e. The number of hydrogen-bond acceptors (Lipinski definition) is 3. The third-order valence-electron chi connectivity index (χ3n) is 3.35. The van der Waals surface area contributed by atoms with E-state index in [0.717, 1.165) is 10.9 Å². The summed E-state index contributed by atoms with van der Waals surface area (Å²) in [5, 5.41) is 12.4. The molecule has 1 aromatic carbocycles. The van der Waals surface area contributed by atoms with Gasteiger partial charge in [0.25, 0.3) is 11.5 Å². The standard InChI is InChI=1S/C15H18N2O3/c1-9(7-8-18)16-14(19)13-10(2)11-5-3-4-6-12(11)17-15(13)20/h3-6,9,18H,7-8H2,1-2H3,(H,16,19)(H,17,20)/t9-/m1/s1. The number of aromatic nitrogens is 1. The largest absolute Gasteiger partial charge is 0.396 e. The summed E-state index contributed by atoms with van der Waals surface area (Å²) < 4.78 is 0. The highest BCUT2D eigenvalue weighted by Crippen LogP contribution is 2.16. The van der Waals surface area contributed by atoms with E-state index >= 15 is 0 Å². The molecule has 0 aliphatic rings. The third kappa shape index (κ3) is 2.72. The number of fused-ring (bicyclic) bond motifs is 1. The van der Waals surface area contributed by atoms with Crippen molar-refractivity contribution in [2.45, 2.75) is 26.3 Å². The first kappa shape index (κ1) is 14.3. The normalized spacial score (nSPS) is 12.3. The van der Waals surface area contributed by atoms with Gasteiger partial charge in [-0.05, 0) is 31.9 Å². The summed E-state index contributed by atoms with van der Waals surface area (Å²) >= 11 is 0. The van der Waals surface area contributed by atoms with Gasteiger partial charge in [0.15, 0.2) is 0 Å². The summed E-state index contributed by atoms with van der Waals surface area (Å²) in [6, 6.07) is 7.19. The number of aliphatic hydroxyl groups is 1. The van der Waals surface area contributed by atoms with Gasteiger partial charge in [0.05, 0.1) is 0 Å². The molecule has 0 saturated carbocycles. The van der Waals surface area contributed by atoms with Crippen LogP contribution in [0.5, 0.6) is 0 Å². The van der Waals surface area contributed by atoms with E-state index in [1.165, 1.54) is 0 Å². The zero-order valence-electron chi connectivity index (χ0n) is 11.6. The number of nitrogens with one attached hydrogen (secondary N) is 2. The smallest absolute Gasteiger partial charge is 0.261 e. The van der Waals surface area contributed by atoms with Gasteiger partial charge in [-0.3, -0.25) is 9.59 Å². The van der Waals surface area contributed by atoms with Crippen LogP contribution in [0.3, 0.4) is 0 Å². The van der Waals surface area contributed by atoms with Crippen molar-refractivity contribution in [1.29, 1.82) is 0 Å². The molecule has 0 spiro atoms. The van der Waals surface area contributed by atoms with Crippen LogP contribution in [0.1, 0.15) is 29.3 Å². The van der Waals surface area contributed by atoms with Crippen LogP contribution in [0.2, 0.25) is 0 Å². The first-order valence-electron chi connectivity index (χ1n) is 6.58. The first-order valence-corrected chi connectivity index (χ1v) is 6.58. The molecule has 106 valence electrons. The number of aliphatic hydroxyl groups excluding tert-OH is 1. The molecule has 1 heterocycles. The first-order chi connectivity index (χ1) is 9.54. The molecule has 0 aliphatic carbocycles. The molecule has 0 aliphatic heterocycles. The molecule has 0 radical (unpaired) electrons. The number of H-pyrrole nitrogens is 1. The maximum atomic E-state index is 12.2. The maximum absolute atomic E-state index is 12.2. The number of rotatable bonds is 4. The minimum absolute atomic E-state index is 0.00545. The van der Waals surface area contributed by atoms with Crippen LogP contribution in [0.4, 0.5) is 0 Å². The van der Waals surface area contributed by atoms with E-state index in [4.69, 9.17) is 5.11 Å². The Hall–Kier alpha value is -2.14. The van der Waals surface area contributed by atoms with Crippen molar-refractivity contribution in [3.8, 4) is 0 Å². The molecule has 0 saturated heterocycles. The van der Waals surface area contributed by atoms with E-state index in [1.54, 1.807) is 19.9 Å². The van der Waals surface area contributed by atoms with E-state index in [-0.39, 0.29) is 18.2 Å². The van der Waals surface area contributed by atoms with Crippen LogP contribution < -0.4 is 10.9 Å². The SMILES string of the molecule is Cc1c(C(=O)N[C@H](C)CCO)c(=O)[nH]c2ccccc12. The molecule has 1 amide bonds. The number of carbonyl (C=O) groups excluding carboxylic acids is 1. The van der Waals surface area contributed by atoms with Crippen LogP contribution in [-0.4, -0.2) is 28.6 Å². The minimum atomic E-state index is -0.407. The van der Waals surface area contributed by atoms with E-state index in [2.05, 4.69) is 10.3 Å². The van der Waals surface area contributed by atoms with Crippen molar-refractivity contribution >= 4 is 16.8 Å². The van der Waals surface area contributed by atoms with E-state index < -0.39 is 11.5 Å². The second kappa shape index (κ2) is 5.88. The fourth-order valence-electron chi connectivity index (χ4n) is 2.24. The Labute approximate surface area is 116 Å². The Bertz CT molecular complexity index is 691. The van der Waals surface area contributed by atoms with E-state index in [9.17, 15) is 9.59 Å². The van der Waals surface area contributed by atoms with Gasteiger partial charge in [0.2, 0.25) is 0 Å². The Morgan fingerprint density at radius 3 is 2.80 bits per heavy atom. The van der Waals surface area contributed by atoms with Crippen molar-refractivity contribution in [3.63, 3.8) is 0 Å². The van der Waals surface area contributed by atoms with Gasteiger partial charge in [-0.15, -0.1) is 0 Å². The van der Waals surface area contributed by atoms with Crippen molar-refractivity contribution in [1.82, 2.24) is 10.3 Å². The van der Waals surface area contributed by atoms with E-state index in [0.29, 0.717) is 12.0 Å². The Kier molecular flexibility index (Phi) is 4.20. The van der Waals surface area contributed by atoms with Crippen molar-refractivity contribution < 1.29 is 9.90 Å². The number of para-hydroxylation sites is 1. The number of benzene rings is 1. The molecular weight excluding hydrogens is 256 g/mol. The summed E-state index contributed by atoms with van der Waals surface area (Å²) in [5.74, 6) is -0.407. The zero-order valence-corrected chi connectivity index (χ0v) is 11.6. The molecule has 0 fully saturated rings. The number of amides is 1. The molecular formula is C15H18N2O3. The van der Waals surface area contributed by atoms with Crippen LogP contribution in [0, 0.1) is 6.92 Å². The average Bonchev–Trinajstić information content (AvgIpc) is 2.38. The molecule has 2 rings (SSSR count). The summed E-state index contributed by atoms with van der Waals surface area (Å²) in [4.78, 5) is 27.0. The summed E-state index contributed by atoms with van der Waals surface area (Å²) in [5.41, 5.74) is 1.12. The highest BCUT2D eigenvalue weighted by molar-refractivity contribution is 5.99. The molecule has 5 heteroatoms. The fourth-order valence-corrected chi connectivity index (χ4v) is 2.24. The predicted molar refractivity (Wildman–Crippen MR) is 77.9 cm³/mol. The summed E-state index contributed by atoms with van der Waals surface area (Å²) in [6.07, 6.45) is 0.455. The van der Waals surface area contributed by atoms with Crippen molar-refractivity contribution in [2.24, 2.45) is 0 Å². The zero-order chi connectivity index (χ0) is 14.7. The average molecular weight is 274 g/mol. The molecule has 0 unspecified atom stereocenters. The molecule has 0 bridgehead atoms. The molecule has 3 N–H and O–H groups in total. The van der Waals surface area contributed by atoms with Crippen molar-refractivity contribution in [2.75, 3.05) is 6.61 Å². The summed E-state index contributed by atoms with van der Waals surface area (Å²) in [6.45, 7) is 3.55. The van der Waals surface area contributed by atoms with Gasteiger partial charge < -0.3 is 15.4 Å². The van der Waals surface area contributed by atoms with Gasteiger partial charge >= 0.3 is 0 Å². The van der Waals surface area contributed by atoms with Gasteiger partial charge in [0, 0.05) is 23.6 Å². The lowest BCUT2D eigenvalue weighted by Gasteiger charge is -2.14. The number of aromatic amines is 1. The van der Waals surface area contributed by atoms with Crippen LogP contribution in [0.25, 0.3) is 10.9 Å². The minimum Gasteiger partial charge on any atom is -0.396 e. The monoisotopic (exact) mass is 274 g/mol. The Morgan fingerprint density at radius 1 is 1.40 bits per heavy atom. The van der Waals surface area contributed by atoms with Gasteiger partial charge in [0.1, 0.15) is 5.56 Å². The van der Waals surface area contributed by atoms with Crippen LogP contribution in [-0.2, 0) is 0 Å². The second-order valence-corrected chi connectivity index (χ2v) is 4.89. The van der Waals surface area contributed by atoms with Crippen LogP contribution in [0.15, 0.2) is 29.1 Å². The Morgan fingerprint density at radius 2 is 2.10 bits per heavy atom. The molecule has 1 aromatic heterocycles. The predicted octanol–water partition coefficient (Wildman–Crippen LogP) is 1.34. The van der Waals surface area contributed by atoms with Crippen LogP contribution >= 0.6 is 0 Å². The molecule has 20 heavy (non-hydrogen) atoms.